The number of hydrogen-bond donors (Lipinski definition) is 0. The highest BCUT2D eigenvalue weighted by atomic mass is 15.4. The maximum absolute atomic E-state index is 3.91. The minimum absolute atomic E-state index is 0.971. The fourth-order valence-electron chi connectivity index (χ4n) is 1.45. The standard InChI is InChI=1S/C8H13N3/c1-2-8(3-1)4-6-11-7-5-9-10-11/h5,7-8H,1-4,6H2. The molecule has 3 heteroatoms. The molecule has 0 amide bonds. The third-order valence-corrected chi connectivity index (χ3v) is 2.46. The highest BCUT2D eigenvalue weighted by molar-refractivity contribution is 4.71. The van der Waals surface area contributed by atoms with Gasteiger partial charge in [-0.05, 0) is 12.3 Å². The van der Waals surface area contributed by atoms with Crippen LogP contribution in [0.4, 0.5) is 0 Å². The van der Waals surface area contributed by atoms with Gasteiger partial charge in [-0.25, -0.2) is 0 Å². The minimum Gasteiger partial charge on any atom is -0.253 e. The highest BCUT2D eigenvalue weighted by Gasteiger charge is 2.16. The van der Waals surface area contributed by atoms with Gasteiger partial charge in [0.15, 0.2) is 0 Å². The fraction of sp³-hybridized carbons (Fsp3) is 0.750. The van der Waals surface area contributed by atoms with Gasteiger partial charge in [0.2, 0.25) is 0 Å². The molecule has 0 aromatic carbocycles. The summed E-state index contributed by atoms with van der Waals surface area (Å²) in [4.78, 5) is 0. The monoisotopic (exact) mass is 151 g/mol. The predicted octanol–water partition coefficient (Wildman–Crippen LogP) is 1.47. The Balaban J connectivity index is 1.74. The predicted molar refractivity (Wildman–Crippen MR) is 42.0 cm³/mol. The van der Waals surface area contributed by atoms with Crippen LogP contribution in [0.2, 0.25) is 0 Å². The van der Waals surface area contributed by atoms with Crippen molar-refractivity contribution < 1.29 is 0 Å². The third kappa shape index (κ3) is 1.59. The van der Waals surface area contributed by atoms with Gasteiger partial charge < -0.3 is 0 Å². The summed E-state index contributed by atoms with van der Waals surface area (Å²) in [6.45, 7) is 1.05. The van der Waals surface area contributed by atoms with Crippen molar-refractivity contribution in [3.63, 3.8) is 0 Å². The Morgan fingerprint density at radius 2 is 2.36 bits per heavy atom. The van der Waals surface area contributed by atoms with Gasteiger partial charge in [-0.2, -0.15) is 0 Å². The van der Waals surface area contributed by atoms with E-state index in [1.165, 1.54) is 25.7 Å². The minimum atomic E-state index is 0.971. The maximum Gasteiger partial charge on any atom is 0.0692 e. The normalized spacial score (nSPS) is 18.2. The summed E-state index contributed by atoms with van der Waals surface area (Å²) in [6, 6.07) is 0. The Morgan fingerprint density at radius 3 is 2.91 bits per heavy atom. The Kier molecular flexibility index (Phi) is 1.88. The third-order valence-electron chi connectivity index (χ3n) is 2.46. The van der Waals surface area contributed by atoms with Crippen molar-refractivity contribution in [3.05, 3.63) is 12.4 Å². The second-order valence-electron chi connectivity index (χ2n) is 3.25. The Hall–Kier alpha value is -0.860. The van der Waals surface area contributed by atoms with E-state index in [0.717, 1.165) is 12.5 Å². The van der Waals surface area contributed by atoms with Gasteiger partial charge in [-0.1, -0.05) is 24.5 Å². The number of aryl methyl sites for hydroxylation is 1. The number of nitrogens with zero attached hydrogens (tertiary/aromatic N) is 3. The lowest BCUT2D eigenvalue weighted by molar-refractivity contribution is 0.277. The van der Waals surface area contributed by atoms with Crippen molar-refractivity contribution in [2.75, 3.05) is 0 Å². The molecule has 1 heterocycles. The molecule has 0 radical (unpaired) electrons. The molecule has 2 rings (SSSR count). The van der Waals surface area contributed by atoms with Crippen LogP contribution in [-0.2, 0) is 6.54 Å². The first kappa shape index (κ1) is 6.83. The molecule has 3 nitrogen and oxygen atoms in total. The van der Waals surface area contributed by atoms with Crippen molar-refractivity contribution in [3.8, 4) is 0 Å². The molecule has 0 saturated heterocycles. The molecule has 60 valence electrons. The van der Waals surface area contributed by atoms with Crippen LogP contribution in [0, 0.1) is 5.92 Å². The van der Waals surface area contributed by atoms with Gasteiger partial charge in [0.1, 0.15) is 0 Å². The molecule has 0 atom stereocenters. The van der Waals surface area contributed by atoms with Gasteiger partial charge in [0.25, 0.3) is 0 Å². The number of hydrogen-bond acceptors (Lipinski definition) is 2. The largest absolute Gasteiger partial charge is 0.253 e. The van der Waals surface area contributed by atoms with Gasteiger partial charge >= 0.3 is 0 Å². The van der Waals surface area contributed by atoms with Crippen LogP contribution in [0.15, 0.2) is 12.4 Å². The van der Waals surface area contributed by atoms with E-state index in [-0.39, 0.29) is 0 Å². The van der Waals surface area contributed by atoms with E-state index in [1.807, 2.05) is 10.9 Å². The second-order valence-corrected chi connectivity index (χ2v) is 3.25. The number of rotatable bonds is 3. The summed E-state index contributed by atoms with van der Waals surface area (Å²) in [7, 11) is 0. The second kappa shape index (κ2) is 3.03. The van der Waals surface area contributed by atoms with Crippen molar-refractivity contribution >= 4 is 0 Å². The number of aromatic nitrogens is 3. The van der Waals surface area contributed by atoms with E-state index in [9.17, 15) is 0 Å². The average Bonchev–Trinajstić information content (AvgIpc) is 2.36. The Morgan fingerprint density at radius 1 is 1.45 bits per heavy atom. The summed E-state index contributed by atoms with van der Waals surface area (Å²) in [5.41, 5.74) is 0. The zero-order valence-corrected chi connectivity index (χ0v) is 6.61. The zero-order valence-electron chi connectivity index (χ0n) is 6.61. The van der Waals surface area contributed by atoms with Crippen molar-refractivity contribution in [1.29, 1.82) is 0 Å². The quantitative estimate of drug-likeness (QED) is 0.655. The lowest BCUT2D eigenvalue weighted by Gasteiger charge is -2.24. The van der Waals surface area contributed by atoms with Crippen LogP contribution >= 0.6 is 0 Å². The zero-order chi connectivity index (χ0) is 7.52. The van der Waals surface area contributed by atoms with E-state index in [1.54, 1.807) is 6.20 Å². The molecule has 1 aromatic rings. The Labute approximate surface area is 66.4 Å². The summed E-state index contributed by atoms with van der Waals surface area (Å²) >= 11 is 0. The summed E-state index contributed by atoms with van der Waals surface area (Å²) in [5.74, 6) is 0.971. The molecule has 1 fully saturated rings. The van der Waals surface area contributed by atoms with Crippen LogP contribution in [0.3, 0.4) is 0 Å². The molecule has 0 spiro atoms. The van der Waals surface area contributed by atoms with Crippen molar-refractivity contribution in [2.45, 2.75) is 32.2 Å². The summed E-state index contributed by atoms with van der Waals surface area (Å²) < 4.78 is 1.92. The molecule has 1 aliphatic rings. The van der Waals surface area contributed by atoms with Crippen molar-refractivity contribution in [2.24, 2.45) is 5.92 Å². The molecule has 0 aliphatic heterocycles. The molecular weight excluding hydrogens is 138 g/mol. The average molecular weight is 151 g/mol. The molecule has 0 bridgehead atoms. The van der Waals surface area contributed by atoms with E-state index >= 15 is 0 Å². The molecule has 1 aliphatic carbocycles. The first-order chi connectivity index (χ1) is 5.45. The SMILES string of the molecule is c1cn(CCC2CCC2)nn1. The topological polar surface area (TPSA) is 30.7 Å². The fourth-order valence-corrected chi connectivity index (χ4v) is 1.45. The van der Waals surface area contributed by atoms with Gasteiger partial charge in [-0.3, -0.25) is 4.68 Å². The van der Waals surface area contributed by atoms with Crippen LogP contribution in [0.5, 0.6) is 0 Å². The lowest BCUT2D eigenvalue weighted by atomic mass is 9.83. The molecule has 1 aromatic heterocycles. The Bertz CT molecular complexity index is 201. The summed E-state index contributed by atoms with van der Waals surface area (Å²) in [5, 5.41) is 7.67. The lowest BCUT2D eigenvalue weighted by Crippen LogP contribution is -2.14. The van der Waals surface area contributed by atoms with E-state index < -0.39 is 0 Å². The maximum atomic E-state index is 3.91. The molecular formula is C8H13N3. The van der Waals surface area contributed by atoms with E-state index in [2.05, 4.69) is 10.3 Å². The first-order valence-corrected chi connectivity index (χ1v) is 4.29. The molecule has 0 N–H and O–H groups in total. The molecule has 1 saturated carbocycles. The smallest absolute Gasteiger partial charge is 0.0692 e. The van der Waals surface area contributed by atoms with Crippen LogP contribution in [-0.4, -0.2) is 15.0 Å². The highest BCUT2D eigenvalue weighted by Crippen LogP contribution is 2.29. The van der Waals surface area contributed by atoms with Crippen LogP contribution < -0.4 is 0 Å². The van der Waals surface area contributed by atoms with Crippen LogP contribution in [0.25, 0.3) is 0 Å². The molecule has 11 heavy (non-hydrogen) atoms. The van der Waals surface area contributed by atoms with E-state index in [4.69, 9.17) is 0 Å². The van der Waals surface area contributed by atoms with Crippen molar-refractivity contribution in [1.82, 2.24) is 15.0 Å². The van der Waals surface area contributed by atoms with Gasteiger partial charge in [0, 0.05) is 12.7 Å². The van der Waals surface area contributed by atoms with E-state index in [0.29, 0.717) is 0 Å². The first-order valence-electron chi connectivity index (χ1n) is 4.29. The van der Waals surface area contributed by atoms with Crippen LogP contribution in [0.1, 0.15) is 25.7 Å². The summed E-state index contributed by atoms with van der Waals surface area (Å²) in [6.07, 6.45) is 9.23. The van der Waals surface area contributed by atoms with Gasteiger partial charge in [-0.15, -0.1) is 5.10 Å². The van der Waals surface area contributed by atoms with Gasteiger partial charge in [0.05, 0.1) is 6.20 Å². The molecule has 0 unspecified atom stereocenters.